The minimum atomic E-state index is -2.45. The number of allylic oxidation sites excluding steroid dienone is 7. The van der Waals surface area contributed by atoms with Gasteiger partial charge in [-0.1, -0.05) is 34.9 Å². The highest BCUT2D eigenvalue weighted by molar-refractivity contribution is 6.60. The van der Waals surface area contributed by atoms with Gasteiger partial charge in [-0.25, -0.2) is 0 Å². The maximum Gasteiger partial charge on any atom is 0.374 e. The second-order valence-corrected chi connectivity index (χ2v) is 10.0. The predicted octanol–water partition coefficient (Wildman–Crippen LogP) is 4.67. The number of Topliss-reactive ketones (excluding diaryl/α,β-unsaturated/α-hetero) is 3. The lowest BCUT2D eigenvalue weighted by Crippen LogP contribution is -2.65. The van der Waals surface area contributed by atoms with Crippen molar-refractivity contribution in [3.8, 4) is 0 Å². The fraction of sp³-hybridized carbons (Fsp3) is 0.462. The van der Waals surface area contributed by atoms with Gasteiger partial charge in [0.15, 0.2) is 11.4 Å². The smallest absolute Gasteiger partial charge is 0.374 e. The van der Waals surface area contributed by atoms with Crippen molar-refractivity contribution in [3.63, 3.8) is 0 Å². The number of hydrogen-bond acceptors (Lipinski definition) is 5. The van der Waals surface area contributed by atoms with Crippen LogP contribution in [0.1, 0.15) is 67.2 Å². The Bertz CT molecular complexity index is 1160. The van der Waals surface area contributed by atoms with Gasteiger partial charge in [-0.2, -0.15) is 4.79 Å². The number of halogens is 1. The minimum absolute atomic E-state index is 0.189. The summed E-state index contributed by atoms with van der Waals surface area (Å²) in [5.41, 5.74) is 7.78. The van der Waals surface area contributed by atoms with E-state index in [1.165, 1.54) is 12.5 Å². The highest BCUT2D eigenvalue weighted by Crippen LogP contribution is 2.48. The minimum Gasteiger partial charge on any atom is -0.507 e. The molecule has 0 spiro atoms. The van der Waals surface area contributed by atoms with Gasteiger partial charge in [-0.3, -0.25) is 14.4 Å². The summed E-state index contributed by atoms with van der Waals surface area (Å²) in [5.74, 6) is -3.58. The lowest BCUT2D eigenvalue weighted by molar-refractivity contribution is -0.145. The molecule has 8 heteroatoms. The van der Waals surface area contributed by atoms with Crippen LogP contribution in [0.3, 0.4) is 0 Å². The van der Waals surface area contributed by atoms with E-state index < -0.39 is 50.4 Å². The van der Waals surface area contributed by atoms with Gasteiger partial charge in [-0.15, -0.1) is 11.6 Å². The van der Waals surface area contributed by atoms with Gasteiger partial charge in [0, 0.05) is 12.0 Å². The molecule has 7 nitrogen and oxygen atoms in total. The summed E-state index contributed by atoms with van der Waals surface area (Å²) in [7, 11) is 0. The molecule has 0 fully saturated rings. The first-order valence-corrected chi connectivity index (χ1v) is 11.5. The lowest BCUT2D eigenvalue weighted by atomic mass is 9.64. The van der Waals surface area contributed by atoms with E-state index in [0.717, 1.165) is 17.6 Å². The number of alkyl halides is 1. The van der Waals surface area contributed by atoms with Gasteiger partial charge in [0.1, 0.15) is 16.2 Å². The van der Waals surface area contributed by atoms with E-state index in [1.54, 1.807) is 26.0 Å². The van der Waals surface area contributed by atoms with E-state index in [0.29, 0.717) is 6.42 Å². The number of carbonyl (C=O) groups is 3. The molecule has 0 aliphatic heterocycles. The lowest BCUT2D eigenvalue weighted by Gasteiger charge is -2.44. The van der Waals surface area contributed by atoms with Crippen LogP contribution in [0.4, 0.5) is 0 Å². The number of aliphatic hydroxyl groups excluding tert-OH is 1. The SMILES string of the molecule is CC(C)=CCC/C(C)=C/C[C@@]1(O)C(=O)C2=C(C(=O)[C@]1(Cl)CC=C(C)C)C(O)=C(C)C(=O)C2=[N+]=[N-]. The molecular formula is C26H31ClN2O5. The van der Waals surface area contributed by atoms with E-state index in [-0.39, 0.29) is 18.4 Å². The maximum atomic E-state index is 13.7. The molecule has 0 saturated carbocycles. The highest BCUT2D eigenvalue weighted by Gasteiger charge is 2.66. The van der Waals surface area contributed by atoms with Crippen molar-refractivity contribution in [3.05, 3.63) is 63.0 Å². The Labute approximate surface area is 204 Å². The molecule has 0 saturated heterocycles. The molecule has 0 radical (unpaired) electrons. The number of nitrogens with zero attached hydrogens (tertiary/aromatic N) is 2. The largest absolute Gasteiger partial charge is 0.507 e. The first-order valence-electron chi connectivity index (χ1n) is 11.1. The van der Waals surface area contributed by atoms with Crippen molar-refractivity contribution in [1.29, 1.82) is 0 Å². The molecule has 2 aliphatic rings. The normalized spacial score (nSPS) is 25.4. The van der Waals surface area contributed by atoms with Crippen LogP contribution in [0.2, 0.25) is 0 Å². The molecule has 2 N–H and O–H groups in total. The molecule has 0 heterocycles. The van der Waals surface area contributed by atoms with Gasteiger partial charge in [-0.05, 0) is 60.8 Å². The zero-order chi connectivity index (χ0) is 26.0. The van der Waals surface area contributed by atoms with Crippen LogP contribution in [0.15, 0.2) is 57.4 Å². The zero-order valence-corrected chi connectivity index (χ0v) is 21.2. The molecule has 0 bridgehead atoms. The van der Waals surface area contributed by atoms with Crippen LogP contribution in [-0.4, -0.2) is 48.5 Å². The molecule has 0 aromatic heterocycles. The van der Waals surface area contributed by atoms with E-state index in [4.69, 9.17) is 11.6 Å². The first-order chi connectivity index (χ1) is 15.7. The van der Waals surface area contributed by atoms with Gasteiger partial charge in [0.2, 0.25) is 5.78 Å². The van der Waals surface area contributed by atoms with Crippen LogP contribution in [0.25, 0.3) is 5.53 Å². The molecule has 0 unspecified atom stereocenters. The van der Waals surface area contributed by atoms with Crippen LogP contribution in [0.5, 0.6) is 0 Å². The second-order valence-electron chi connectivity index (χ2n) is 9.38. The quantitative estimate of drug-likeness (QED) is 0.178. The van der Waals surface area contributed by atoms with E-state index >= 15 is 0 Å². The summed E-state index contributed by atoms with van der Waals surface area (Å²) in [6.45, 7) is 10.6. The first kappa shape index (κ1) is 27.4. The standard InChI is InChI=1S/C26H31ClN2O5/c1-14(2)8-7-9-16(5)11-13-26(34)24(33)18-19(21(30)17(6)22(31)20(18)29-28)23(32)25(26,27)12-10-15(3)4/h8,10-11,30,34H,7,9,12-13H2,1-6H3/b16-11+/t25-,26-/m1/s1. The topological polar surface area (TPSA) is 128 Å². The van der Waals surface area contributed by atoms with Crippen molar-refractivity contribution < 1.29 is 29.4 Å². The Morgan fingerprint density at radius 1 is 0.971 bits per heavy atom. The zero-order valence-electron chi connectivity index (χ0n) is 20.5. The van der Waals surface area contributed by atoms with Crippen molar-refractivity contribution >= 4 is 34.7 Å². The average molecular weight is 487 g/mol. The monoisotopic (exact) mass is 486 g/mol. The van der Waals surface area contributed by atoms with Gasteiger partial charge in [0.25, 0.3) is 5.78 Å². The van der Waals surface area contributed by atoms with Gasteiger partial charge in [0.05, 0.1) is 5.57 Å². The summed E-state index contributed by atoms with van der Waals surface area (Å²) in [6, 6.07) is 0. The van der Waals surface area contributed by atoms with Crippen LogP contribution < -0.4 is 0 Å². The summed E-state index contributed by atoms with van der Waals surface area (Å²) in [5, 5.41) is 22.3. The fourth-order valence-electron chi connectivity index (χ4n) is 4.01. The Hall–Kier alpha value is -2.86. The fourth-order valence-corrected chi connectivity index (χ4v) is 4.34. The van der Waals surface area contributed by atoms with Crippen molar-refractivity contribution in [2.75, 3.05) is 0 Å². The third-order valence-corrected chi connectivity index (χ3v) is 6.85. The molecule has 2 rings (SSSR count). The third-order valence-electron chi connectivity index (χ3n) is 6.21. The predicted molar refractivity (Wildman–Crippen MR) is 131 cm³/mol. The van der Waals surface area contributed by atoms with Crippen LogP contribution in [-0.2, 0) is 14.4 Å². The number of aliphatic hydroxyl groups is 2. The van der Waals surface area contributed by atoms with E-state index in [1.807, 2.05) is 20.8 Å². The van der Waals surface area contributed by atoms with Crippen molar-refractivity contribution in [2.45, 2.75) is 77.7 Å². The molecule has 0 aromatic rings. The van der Waals surface area contributed by atoms with Crippen molar-refractivity contribution in [2.24, 2.45) is 0 Å². The van der Waals surface area contributed by atoms with E-state index in [2.05, 4.69) is 10.9 Å². The van der Waals surface area contributed by atoms with E-state index in [9.17, 15) is 30.1 Å². The summed E-state index contributed by atoms with van der Waals surface area (Å²) >= 11 is 6.80. The van der Waals surface area contributed by atoms with Crippen LogP contribution in [0, 0.1) is 0 Å². The molecule has 0 amide bonds. The van der Waals surface area contributed by atoms with Gasteiger partial charge < -0.3 is 15.7 Å². The molecule has 2 atom stereocenters. The second kappa shape index (κ2) is 10.2. The average Bonchev–Trinajstić information content (AvgIpc) is 2.77. The number of hydrogen-bond donors (Lipinski definition) is 2. The third kappa shape index (κ3) is 4.69. The summed E-state index contributed by atoms with van der Waals surface area (Å²) in [4.78, 5) is 40.7. The van der Waals surface area contributed by atoms with Gasteiger partial charge >= 0.3 is 5.71 Å². The Balaban J connectivity index is 2.72. The Kier molecular flexibility index (Phi) is 8.20. The number of ketones is 3. The molecule has 34 heavy (non-hydrogen) atoms. The summed E-state index contributed by atoms with van der Waals surface area (Å²) < 4.78 is 0. The molecular weight excluding hydrogens is 456 g/mol. The van der Waals surface area contributed by atoms with Crippen LogP contribution >= 0.6 is 11.6 Å². The Morgan fingerprint density at radius 3 is 2.09 bits per heavy atom. The highest BCUT2D eigenvalue weighted by atomic mass is 35.5. The molecule has 0 aromatic carbocycles. The molecule has 2 aliphatic carbocycles. The van der Waals surface area contributed by atoms with Crippen molar-refractivity contribution in [1.82, 2.24) is 0 Å². The maximum absolute atomic E-state index is 13.7. The number of carbonyl (C=O) groups excluding carboxylic acids is 3. The summed E-state index contributed by atoms with van der Waals surface area (Å²) in [6.07, 6.45) is 6.29. The molecule has 182 valence electrons. The number of rotatable bonds is 7. The Morgan fingerprint density at radius 2 is 1.56 bits per heavy atom.